The summed E-state index contributed by atoms with van der Waals surface area (Å²) in [6.45, 7) is 0. The summed E-state index contributed by atoms with van der Waals surface area (Å²) in [4.78, 5) is 23.9. The van der Waals surface area contributed by atoms with Gasteiger partial charge in [-0.15, -0.1) is 0 Å². The first-order valence-corrected chi connectivity index (χ1v) is 7.44. The number of esters is 1. The fourth-order valence-electron chi connectivity index (χ4n) is 2.32. The topological polar surface area (TPSA) is 55.4 Å². The van der Waals surface area contributed by atoms with Gasteiger partial charge in [0.1, 0.15) is 23.5 Å². The van der Waals surface area contributed by atoms with Crippen LogP contribution >= 0.6 is 0 Å². The summed E-state index contributed by atoms with van der Waals surface area (Å²) in [7, 11) is 1.16. The number of benzene rings is 2. The summed E-state index contributed by atoms with van der Waals surface area (Å²) in [5, 5.41) is 2.43. The maximum absolute atomic E-state index is 13.6. The Morgan fingerprint density at radius 2 is 1.80 bits per heavy atom. The van der Waals surface area contributed by atoms with Crippen molar-refractivity contribution >= 4 is 11.9 Å². The van der Waals surface area contributed by atoms with Gasteiger partial charge in [0.2, 0.25) is 5.91 Å². The van der Waals surface area contributed by atoms with E-state index in [0.29, 0.717) is 11.6 Å². The predicted octanol–water partition coefficient (Wildman–Crippen LogP) is 2.55. The number of rotatable bonds is 6. The second-order valence-electron chi connectivity index (χ2n) is 5.39. The van der Waals surface area contributed by atoms with Crippen LogP contribution in [0.25, 0.3) is 0 Å². The highest BCUT2D eigenvalue weighted by atomic mass is 19.1. The van der Waals surface area contributed by atoms with Crippen molar-refractivity contribution in [3.05, 3.63) is 71.0 Å². The fraction of sp³-hybridized carbons (Fsp3) is 0.222. The zero-order chi connectivity index (χ0) is 18.4. The molecule has 1 atom stereocenters. The molecular weight excluding hydrogens is 335 g/mol. The molecule has 0 aliphatic carbocycles. The summed E-state index contributed by atoms with van der Waals surface area (Å²) >= 11 is 0. The van der Waals surface area contributed by atoms with E-state index in [4.69, 9.17) is 0 Å². The van der Waals surface area contributed by atoms with Crippen LogP contribution in [0.5, 0.6) is 0 Å². The minimum Gasteiger partial charge on any atom is -0.467 e. The van der Waals surface area contributed by atoms with Crippen LogP contribution in [0, 0.1) is 17.5 Å². The molecule has 25 heavy (non-hydrogen) atoms. The molecule has 132 valence electrons. The predicted molar refractivity (Wildman–Crippen MR) is 84.1 cm³/mol. The molecule has 2 aromatic carbocycles. The first-order chi connectivity index (χ1) is 11.9. The summed E-state index contributed by atoms with van der Waals surface area (Å²) in [6, 6.07) is 7.39. The number of halogens is 3. The van der Waals surface area contributed by atoms with Gasteiger partial charge >= 0.3 is 5.97 Å². The molecule has 0 aliphatic heterocycles. The third-order valence-corrected chi connectivity index (χ3v) is 3.52. The van der Waals surface area contributed by atoms with Crippen molar-refractivity contribution in [3.8, 4) is 0 Å². The Balaban J connectivity index is 2.08. The maximum atomic E-state index is 13.6. The average molecular weight is 351 g/mol. The number of carbonyl (C=O) groups excluding carboxylic acids is 2. The van der Waals surface area contributed by atoms with Gasteiger partial charge in [-0.3, -0.25) is 4.79 Å². The molecule has 0 saturated carbocycles. The molecule has 0 aliphatic rings. The average Bonchev–Trinajstić information content (AvgIpc) is 2.56. The van der Waals surface area contributed by atoms with Crippen LogP contribution in [-0.4, -0.2) is 25.0 Å². The summed E-state index contributed by atoms with van der Waals surface area (Å²) in [5.41, 5.74) is 0.483. The highest BCUT2D eigenvalue weighted by Crippen LogP contribution is 2.11. The van der Waals surface area contributed by atoms with Gasteiger partial charge in [-0.2, -0.15) is 0 Å². The summed E-state index contributed by atoms with van der Waals surface area (Å²) < 4.78 is 44.4. The third-order valence-electron chi connectivity index (χ3n) is 3.52. The third kappa shape index (κ3) is 5.34. The van der Waals surface area contributed by atoms with Gasteiger partial charge < -0.3 is 10.1 Å². The molecule has 1 amide bonds. The molecule has 7 heteroatoms. The number of hydrogen-bond acceptors (Lipinski definition) is 3. The largest absolute Gasteiger partial charge is 0.467 e. The Labute approximate surface area is 142 Å². The lowest BCUT2D eigenvalue weighted by atomic mass is 10.0. The molecule has 0 fully saturated rings. The normalized spacial score (nSPS) is 11.7. The van der Waals surface area contributed by atoms with Crippen molar-refractivity contribution in [1.29, 1.82) is 0 Å². The Morgan fingerprint density at radius 3 is 2.44 bits per heavy atom. The summed E-state index contributed by atoms with van der Waals surface area (Å²) in [6.07, 6.45) is -0.356. The second kappa shape index (κ2) is 8.32. The molecular formula is C18H16F3NO3. The molecule has 0 bridgehead atoms. The van der Waals surface area contributed by atoms with Gasteiger partial charge in [0, 0.05) is 12.5 Å². The lowest BCUT2D eigenvalue weighted by molar-refractivity contribution is -0.145. The standard InChI is InChI=1S/C18H16F3NO3/c1-25-18(24)16(8-11-3-2-4-13(19)7-11)22-17(23)9-12-5-6-14(20)10-15(12)21/h2-7,10,16H,8-9H2,1H3,(H,22,23)/t16-/m1/s1. The molecule has 0 spiro atoms. The van der Waals surface area contributed by atoms with E-state index in [-0.39, 0.29) is 18.4 Å². The van der Waals surface area contributed by atoms with Crippen LogP contribution in [-0.2, 0) is 27.2 Å². The monoisotopic (exact) mass is 351 g/mol. The van der Waals surface area contributed by atoms with Gasteiger partial charge in [-0.05, 0) is 29.3 Å². The van der Waals surface area contributed by atoms with E-state index in [0.717, 1.165) is 19.2 Å². The number of carbonyl (C=O) groups is 2. The van der Waals surface area contributed by atoms with E-state index >= 15 is 0 Å². The first kappa shape index (κ1) is 18.5. The molecule has 0 unspecified atom stereocenters. The molecule has 2 rings (SSSR count). The number of ether oxygens (including phenoxy) is 1. The Morgan fingerprint density at radius 1 is 1.08 bits per heavy atom. The van der Waals surface area contributed by atoms with Gasteiger partial charge in [-0.25, -0.2) is 18.0 Å². The van der Waals surface area contributed by atoms with Gasteiger partial charge in [0.15, 0.2) is 0 Å². The molecule has 4 nitrogen and oxygen atoms in total. The van der Waals surface area contributed by atoms with Gasteiger partial charge in [0.25, 0.3) is 0 Å². The van der Waals surface area contributed by atoms with Crippen molar-refractivity contribution in [3.63, 3.8) is 0 Å². The van der Waals surface area contributed by atoms with Crippen molar-refractivity contribution in [1.82, 2.24) is 5.32 Å². The first-order valence-electron chi connectivity index (χ1n) is 7.44. The van der Waals surface area contributed by atoms with Crippen molar-refractivity contribution in [2.45, 2.75) is 18.9 Å². The smallest absolute Gasteiger partial charge is 0.328 e. The highest BCUT2D eigenvalue weighted by molar-refractivity contribution is 5.85. The zero-order valence-electron chi connectivity index (χ0n) is 13.4. The Hall–Kier alpha value is -2.83. The lowest BCUT2D eigenvalue weighted by Crippen LogP contribution is -2.43. The van der Waals surface area contributed by atoms with E-state index in [1.807, 2.05) is 0 Å². The van der Waals surface area contributed by atoms with E-state index in [1.165, 1.54) is 18.2 Å². The Kier molecular flexibility index (Phi) is 6.16. The fourth-order valence-corrected chi connectivity index (χ4v) is 2.32. The molecule has 1 N–H and O–H groups in total. The van der Waals surface area contributed by atoms with Gasteiger partial charge in [0.05, 0.1) is 13.5 Å². The van der Waals surface area contributed by atoms with E-state index < -0.39 is 35.4 Å². The van der Waals surface area contributed by atoms with Crippen molar-refractivity contribution in [2.24, 2.45) is 0 Å². The van der Waals surface area contributed by atoms with Gasteiger partial charge in [-0.1, -0.05) is 18.2 Å². The van der Waals surface area contributed by atoms with Crippen molar-refractivity contribution in [2.75, 3.05) is 7.11 Å². The second-order valence-corrected chi connectivity index (χ2v) is 5.39. The SMILES string of the molecule is COC(=O)[C@@H](Cc1cccc(F)c1)NC(=O)Cc1ccc(F)cc1F. The minimum atomic E-state index is -1.05. The quantitative estimate of drug-likeness (QED) is 0.814. The lowest BCUT2D eigenvalue weighted by Gasteiger charge is -2.17. The van der Waals surface area contributed by atoms with Crippen LogP contribution in [0.2, 0.25) is 0 Å². The Bertz CT molecular complexity index is 780. The van der Waals surface area contributed by atoms with Crippen molar-refractivity contribution < 1.29 is 27.5 Å². The van der Waals surface area contributed by atoms with Crippen LogP contribution < -0.4 is 5.32 Å². The maximum Gasteiger partial charge on any atom is 0.328 e. The van der Waals surface area contributed by atoms with Crippen LogP contribution in [0.4, 0.5) is 13.2 Å². The minimum absolute atomic E-state index is 0.00623. The molecule has 2 aromatic rings. The molecule has 0 saturated heterocycles. The van der Waals surface area contributed by atoms with Crippen LogP contribution in [0.1, 0.15) is 11.1 Å². The number of methoxy groups -OCH3 is 1. The van der Waals surface area contributed by atoms with E-state index in [2.05, 4.69) is 10.1 Å². The number of hydrogen-bond donors (Lipinski definition) is 1. The highest BCUT2D eigenvalue weighted by Gasteiger charge is 2.22. The van der Waals surface area contributed by atoms with Crippen LogP contribution in [0.15, 0.2) is 42.5 Å². The van der Waals surface area contributed by atoms with E-state index in [1.54, 1.807) is 6.07 Å². The molecule has 0 radical (unpaired) electrons. The number of nitrogens with one attached hydrogen (secondary N) is 1. The number of amides is 1. The summed E-state index contributed by atoms with van der Waals surface area (Å²) in [5.74, 6) is -3.43. The molecule has 0 aromatic heterocycles. The zero-order valence-corrected chi connectivity index (χ0v) is 13.4. The van der Waals surface area contributed by atoms with Crippen LogP contribution in [0.3, 0.4) is 0 Å². The van der Waals surface area contributed by atoms with E-state index in [9.17, 15) is 22.8 Å². The molecule has 0 heterocycles.